The molecule has 5 nitrogen and oxygen atoms in total. The second-order valence-electron chi connectivity index (χ2n) is 4.00. The van der Waals surface area contributed by atoms with E-state index in [-0.39, 0.29) is 11.8 Å². The molecule has 0 fully saturated rings. The van der Waals surface area contributed by atoms with Crippen molar-refractivity contribution >= 4 is 11.8 Å². The number of hydrogen-bond acceptors (Lipinski definition) is 3. The van der Waals surface area contributed by atoms with Crippen molar-refractivity contribution in [1.29, 1.82) is 0 Å². The third-order valence-corrected chi connectivity index (χ3v) is 2.40. The van der Waals surface area contributed by atoms with Crippen LogP contribution in [0.2, 0.25) is 0 Å². The fraction of sp³-hybridized carbons (Fsp3) is 0.800. The van der Waals surface area contributed by atoms with Crippen LogP contribution in [-0.2, 0) is 9.59 Å². The number of nitrogens with one attached hydrogen (secondary N) is 2. The van der Waals surface area contributed by atoms with Gasteiger partial charge >= 0.3 is 0 Å². The summed E-state index contributed by atoms with van der Waals surface area (Å²) in [5.41, 5.74) is 5.50. The lowest BCUT2D eigenvalue weighted by molar-refractivity contribution is -0.121. The van der Waals surface area contributed by atoms with Crippen LogP contribution in [0.4, 0.5) is 0 Å². The highest BCUT2D eigenvalue weighted by Gasteiger charge is 2.20. The number of carbonyl (C=O) groups is 2. The Balaban J connectivity index is 3.86. The Bertz CT molecular complexity index is 205. The Morgan fingerprint density at radius 2 is 1.40 bits per heavy atom. The molecule has 0 saturated carbocycles. The van der Waals surface area contributed by atoms with Gasteiger partial charge in [-0.25, -0.2) is 0 Å². The summed E-state index contributed by atoms with van der Waals surface area (Å²) >= 11 is 0. The number of carbonyl (C=O) groups excluding carboxylic acids is 2. The molecule has 0 bridgehead atoms. The summed E-state index contributed by atoms with van der Waals surface area (Å²) < 4.78 is 0. The van der Waals surface area contributed by atoms with Crippen LogP contribution in [0.15, 0.2) is 0 Å². The highest BCUT2D eigenvalue weighted by atomic mass is 16.2. The molecular formula is C10H21N3O2. The minimum Gasteiger partial charge on any atom is -0.359 e. The summed E-state index contributed by atoms with van der Waals surface area (Å²) in [6.07, 6.45) is 1.97. The van der Waals surface area contributed by atoms with Crippen LogP contribution >= 0.6 is 0 Å². The van der Waals surface area contributed by atoms with Gasteiger partial charge in [0.05, 0.1) is 0 Å². The van der Waals surface area contributed by atoms with Crippen LogP contribution in [0, 0.1) is 0 Å². The molecule has 2 amide bonds. The first-order chi connectivity index (χ1) is 6.91. The molecule has 0 heterocycles. The summed E-state index contributed by atoms with van der Waals surface area (Å²) in [4.78, 5) is 22.0. The van der Waals surface area contributed by atoms with Gasteiger partial charge in [0.15, 0.2) is 0 Å². The number of rotatable bonds is 6. The van der Waals surface area contributed by atoms with Crippen LogP contribution in [0.5, 0.6) is 0 Å². The van der Waals surface area contributed by atoms with Gasteiger partial charge in [-0.15, -0.1) is 0 Å². The summed E-state index contributed by atoms with van der Waals surface area (Å²) in [7, 11) is 3.20. The zero-order chi connectivity index (χ0) is 11.9. The minimum atomic E-state index is -0.459. The van der Waals surface area contributed by atoms with Crippen molar-refractivity contribution in [2.24, 2.45) is 5.73 Å². The van der Waals surface area contributed by atoms with Crippen molar-refractivity contribution in [2.45, 2.75) is 38.1 Å². The van der Waals surface area contributed by atoms with E-state index in [1.807, 2.05) is 6.92 Å². The largest absolute Gasteiger partial charge is 0.359 e. The molecule has 0 atom stereocenters. The predicted octanol–water partition coefficient (Wildman–Crippen LogP) is -0.244. The Kier molecular flexibility index (Phi) is 5.93. The molecule has 0 spiro atoms. The quantitative estimate of drug-likeness (QED) is 0.571. The maximum absolute atomic E-state index is 11.0. The van der Waals surface area contributed by atoms with Crippen molar-refractivity contribution < 1.29 is 9.59 Å². The lowest BCUT2D eigenvalue weighted by Crippen LogP contribution is -2.38. The molecule has 0 unspecified atom stereocenters. The van der Waals surface area contributed by atoms with E-state index in [4.69, 9.17) is 5.73 Å². The van der Waals surface area contributed by atoms with Crippen molar-refractivity contribution in [3.63, 3.8) is 0 Å². The van der Waals surface area contributed by atoms with Crippen molar-refractivity contribution in [3.05, 3.63) is 0 Å². The fourth-order valence-corrected chi connectivity index (χ4v) is 1.17. The Morgan fingerprint density at radius 1 is 1.07 bits per heavy atom. The van der Waals surface area contributed by atoms with Gasteiger partial charge in [-0.2, -0.15) is 0 Å². The second-order valence-corrected chi connectivity index (χ2v) is 4.00. The van der Waals surface area contributed by atoms with Gasteiger partial charge in [-0.1, -0.05) is 0 Å². The van der Waals surface area contributed by atoms with Crippen LogP contribution < -0.4 is 16.4 Å². The van der Waals surface area contributed by atoms with E-state index < -0.39 is 5.54 Å². The number of nitrogens with two attached hydrogens (primary N) is 1. The fourth-order valence-electron chi connectivity index (χ4n) is 1.17. The van der Waals surface area contributed by atoms with E-state index >= 15 is 0 Å². The Morgan fingerprint density at radius 3 is 1.67 bits per heavy atom. The standard InChI is InChI=1S/C10H21N3O2/c1-10(11,6-4-8(14)12-2)7-5-9(15)13-3/h4-7,11H2,1-3H3,(H,12,14)(H,13,15). The first kappa shape index (κ1) is 13.9. The third kappa shape index (κ3) is 6.90. The van der Waals surface area contributed by atoms with E-state index in [1.54, 1.807) is 14.1 Å². The molecular weight excluding hydrogens is 194 g/mol. The number of amides is 2. The van der Waals surface area contributed by atoms with Gasteiger partial charge < -0.3 is 16.4 Å². The van der Waals surface area contributed by atoms with Crippen molar-refractivity contribution in [1.82, 2.24) is 10.6 Å². The molecule has 0 aliphatic carbocycles. The monoisotopic (exact) mass is 215 g/mol. The van der Waals surface area contributed by atoms with Crippen molar-refractivity contribution in [2.75, 3.05) is 14.1 Å². The first-order valence-electron chi connectivity index (χ1n) is 5.11. The van der Waals surface area contributed by atoms with Gasteiger partial charge in [0, 0.05) is 32.5 Å². The molecule has 88 valence electrons. The van der Waals surface area contributed by atoms with E-state index in [0.29, 0.717) is 25.7 Å². The molecule has 0 aromatic rings. The first-order valence-corrected chi connectivity index (χ1v) is 5.11. The minimum absolute atomic E-state index is 0.0216. The van der Waals surface area contributed by atoms with Crippen LogP contribution in [-0.4, -0.2) is 31.4 Å². The lowest BCUT2D eigenvalue weighted by atomic mass is 9.91. The van der Waals surface area contributed by atoms with E-state index in [0.717, 1.165) is 0 Å². The van der Waals surface area contributed by atoms with Gasteiger partial charge in [0.1, 0.15) is 0 Å². The molecule has 0 radical (unpaired) electrons. The van der Waals surface area contributed by atoms with Crippen molar-refractivity contribution in [3.8, 4) is 0 Å². The highest BCUT2D eigenvalue weighted by Crippen LogP contribution is 2.15. The molecule has 4 N–H and O–H groups in total. The smallest absolute Gasteiger partial charge is 0.219 e. The molecule has 0 rings (SSSR count). The van der Waals surface area contributed by atoms with Crippen LogP contribution in [0.1, 0.15) is 32.6 Å². The maximum atomic E-state index is 11.0. The van der Waals surface area contributed by atoms with Gasteiger partial charge in [0.25, 0.3) is 0 Å². The van der Waals surface area contributed by atoms with Gasteiger partial charge in [-0.05, 0) is 19.8 Å². The SMILES string of the molecule is CNC(=O)CCC(C)(N)CCC(=O)NC. The Hall–Kier alpha value is -1.10. The Labute approximate surface area is 90.8 Å². The summed E-state index contributed by atoms with van der Waals surface area (Å²) in [6.45, 7) is 1.86. The second kappa shape index (κ2) is 6.40. The summed E-state index contributed by atoms with van der Waals surface area (Å²) in [5.74, 6) is -0.0433. The molecule has 0 aliphatic rings. The molecule has 15 heavy (non-hydrogen) atoms. The van der Waals surface area contributed by atoms with Gasteiger partial charge in [-0.3, -0.25) is 9.59 Å². The van der Waals surface area contributed by atoms with E-state index in [9.17, 15) is 9.59 Å². The summed E-state index contributed by atoms with van der Waals surface area (Å²) in [5, 5.41) is 5.08. The molecule has 0 aliphatic heterocycles. The third-order valence-electron chi connectivity index (χ3n) is 2.40. The predicted molar refractivity (Wildman–Crippen MR) is 59.2 cm³/mol. The molecule has 0 aromatic heterocycles. The van der Waals surface area contributed by atoms with E-state index in [2.05, 4.69) is 10.6 Å². The van der Waals surface area contributed by atoms with Crippen LogP contribution in [0.25, 0.3) is 0 Å². The number of hydrogen-bond donors (Lipinski definition) is 3. The molecule has 0 saturated heterocycles. The average molecular weight is 215 g/mol. The maximum Gasteiger partial charge on any atom is 0.219 e. The molecule has 0 aromatic carbocycles. The van der Waals surface area contributed by atoms with Gasteiger partial charge in [0.2, 0.25) is 11.8 Å². The lowest BCUT2D eigenvalue weighted by Gasteiger charge is -2.23. The topological polar surface area (TPSA) is 84.2 Å². The zero-order valence-corrected chi connectivity index (χ0v) is 9.72. The highest BCUT2D eigenvalue weighted by molar-refractivity contribution is 5.76. The van der Waals surface area contributed by atoms with Crippen LogP contribution in [0.3, 0.4) is 0 Å². The normalized spacial score (nSPS) is 10.9. The average Bonchev–Trinajstić information content (AvgIpc) is 2.22. The molecule has 5 heteroatoms. The summed E-state index contributed by atoms with van der Waals surface area (Å²) in [6, 6.07) is 0. The van der Waals surface area contributed by atoms with E-state index in [1.165, 1.54) is 0 Å². The zero-order valence-electron chi connectivity index (χ0n) is 9.72.